The summed E-state index contributed by atoms with van der Waals surface area (Å²) in [5.74, 6) is 0.933. The van der Waals surface area contributed by atoms with Crippen molar-refractivity contribution >= 4 is 27.4 Å². The van der Waals surface area contributed by atoms with Crippen molar-refractivity contribution in [3.63, 3.8) is 0 Å². The molecule has 0 fully saturated rings. The van der Waals surface area contributed by atoms with Crippen molar-refractivity contribution in [1.29, 1.82) is 0 Å². The number of carbonyl (C=O) groups excluding carboxylic acids is 1. The van der Waals surface area contributed by atoms with Gasteiger partial charge in [0, 0.05) is 5.69 Å². The topological polar surface area (TPSA) is 38.3 Å². The monoisotopic (exact) mass is 361 g/mol. The maximum atomic E-state index is 11.3. The number of halogens is 1. The minimum atomic E-state index is -0.206. The van der Waals surface area contributed by atoms with Gasteiger partial charge in [0.1, 0.15) is 12.4 Å². The number of carbonyl (C=O) groups is 1. The average molecular weight is 362 g/mol. The number of hydrogen-bond acceptors (Lipinski definition) is 3. The van der Waals surface area contributed by atoms with Crippen molar-refractivity contribution < 1.29 is 9.53 Å². The molecule has 2 aromatic carbocycles. The molecule has 0 spiro atoms. The molecule has 22 heavy (non-hydrogen) atoms. The Labute approximate surface area is 139 Å². The first-order valence-corrected chi connectivity index (χ1v) is 8.00. The first-order valence-electron chi connectivity index (χ1n) is 7.21. The Bertz CT molecular complexity index is 632. The molecule has 0 amide bonds. The van der Waals surface area contributed by atoms with Crippen LogP contribution in [0.25, 0.3) is 0 Å². The molecule has 0 heterocycles. The number of hydrogen-bond donors (Lipinski definition) is 1. The highest BCUT2D eigenvalue weighted by Crippen LogP contribution is 2.33. The van der Waals surface area contributed by atoms with Crippen LogP contribution in [0.15, 0.2) is 46.9 Å². The van der Waals surface area contributed by atoms with E-state index in [1.807, 2.05) is 56.3 Å². The zero-order valence-corrected chi connectivity index (χ0v) is 14.6. The quantitative estimate of drug-likeness (QED) is 0.808. The SMILES string of the molecule is CC(=O)C(C)Nc1cc(C)c(OCc2ccccc2)c(Br)c1. The van der Waals surface area contributed by atoms with Gasteiger partial charge in [-0.1, -0.05) is 30.3 Å². The number of ketones is 1. The fourth-order valence-electron chi connectivity index (χ4n) is 2.08. The smallest absolute Gasteiger partial charge is 0.151 e. The van der Waals surface area contributed by atoms with Gasteiger partial charge in [0.2, 0.25) is 0 Å². The third kappa shape index (κ3) is 4.34. The molecule has 0 aliphatic carbocycles. The maximum absolute atomic E-state index is 11.3. The van der Waals surface area contributed by atoms with Crippen molar-refractivity contribution in [2.45, 2.75) is 33.4 Å². The molecular formula is C18H20BrNO2. The van der Waals surface area contributed by atoms with E-state index in [9.17, 15) is 4.79 Å². The Kier molecular flexibility index (Phi) is 5.61. The molecule has 0 aromatic heterocycles. The second-order valence-electron chi connectivity index (χ2n) is 5.36. The molecule has 0 aliphatic rings. The third-order valence-corrected chi connectivity index (χ3v) is 4.04. The van der Waals surface area contributed by atoms with Crippen LogP contribution >= 0.6 is 15.9 Å². The van der Waals surface area contributed by atoms with Crippen LogP contribution in [-0.2, 0) is 11.4 Å². The Balaban J connectivity index is 2.11. The van der Waals surface area contributed by atoms with Gasteiger partial charge in [0.15, 0.2) is 5.78 Å². The molecule has 1 N–H and O–H groups in total. The average Bonchev–Trinajstić information content (AvgIpc) is 2.47. The zero-order valence-electron chi connectivity index (χ0n) is 13.0. The summed E-state index contributed by atoms with van der Waals surface area (Å²) in [6, 6.07) is 13.8. The first kappa shape index (κ1) is 16.6. The summed E-state index contributed by atoms with van der Waals surface area (Å²) in [4.78, 5) is 11.3. The number of benzene rings is 2. The summed E-state index contributed by atoms with van der Waals surface area (Å²) in [6.45, 7) is 5.95. The highest BCUT2D eigenvalue weighted by molar-refractivity contribution is 9.10. The van der Waals surface area contributed by atoms with E-state index in [4.69, 9.17) is 4.74 Å². The van der Waals surface area contributed by atoms with Crippen LogP contribution < -0.4 is 10.1 Å². The molecular weight excluding hydrogens is 342 g/mol. The van der Waals surface area contributed by atoms with Gasteiger partial charge < -0.3 is 10.1 Å². The van der Waals surface area contributed by atoms with E-state index in [1.165, 1.54) is 0 Å². The van der Waals surface area contributed by atoms with Crippen molar-refractivity contribution in [3.05, 3.63) is 58.1 Å². The molecule has 0 radical (unpaired) electrons. The van der Waals surface area contributed by atoms with E-state index in [2.05, 4.69) is 21.2 Å². The molecule has 1 atom stereocenters. The molecule has 0 saturated carbocycles. The number of rotatable bonds is 6. The summed E-state index contributed by atoms with van der Waals surface area (Å²) < 4.78 is 6.80. The lowest BCUT2D eigenvalue weighted by Gasteiger charge is -2.16. The van der Waals surface area contributed by atoms with Gasteiger partial charge in [-0.2, -0.15) is 0 Å². The standard InChI is InChI=1S/C18H20BrNO2/c1-12-9-16(20-13(2)14(3)21)10-17(19)18(12)22-11-15-7-5-4-6-8-15/h4-10,13,20H,11H2,1-3H3. The van der Waals surface area contributed by atoms with Crippen LogP contribution in [0.5, 0.6) is 5.75 Å². The van der Waals surface area contributed by atoms with Crippen LogP contribution in [0.2, 0.25) is 0 Å². The van der Waals surface area contributed by atoms with Crippen molar-refractivity contribution in [2.75, 3.05) is 5.32 Å². The highest BCUT2D eigenvalue weighted by atomic mass is 79.9. The molecule has 0 bridgehead atoms. The van der Waals surface area contributed by atoms with Crippen LogP contribution in [0.3, 0.4) is 0 Å². The number of aryl methyl sites for hydroxylation is 1. The van der Waals surface area contributed by atoms with Gasteiger partial charge in [-0.05, 0) is 60.0 Å². The minimum absolute atomic E-state index is 0.109. The molecule has 0 aliphatic heterocycles. The van der Waals surface area contributed by atoms with Gasteiger partial charge in [-0.15, -0.1) is 0 Å². The highest BCUT2D eigenvalue weighted by Gasteiger charge is 2.11. The van der Waals surface area contributed by atoms with E-state index < -0.39 is 0 Å². The Morgan fingerprint density at radius 2 is 1.95 bits per heavy atom. The van der Waals surface area contributed by atoms with E-state index in [1.54, 1.807) is 6.92 Å². The Hall–Kier alpha value is -1.81. The maximum Gasteiger partial charge on any atom is 0.151 e. The van der Waals surface area contributed by atoms with Crippen molar-refractivity contribution in [1.82, 2.24) is 0 Å². The molecule has 1 unspecified atom stereocenters. The van der Waals surface area contributed by atoms with Gasteiger partial charge in [0.05, 0.1) is 10.5 Å². The summed E-state index contributed by atoms with van der Waals surface area (Å²) in [5.41, 5.74) is 3.05. The molecule has 2 aromatic rings. The number of anilines is 1. The first-order chi connectivity index (χ1) is 10.5. The van der Waals surface area contributed by atoms with E-state index in [0.29, 0.717) is 6.61 Å². The zero-order chi connectivity index (χ0) is 16.1. The van der Waals surface area contributed by atoms with Crippen LogP contribution in [-0.4, -0.2) is 11.8 Å². The van der Waals surface area contributed by atoms with Gasteiger partial charge >= 0.3 is 0 Å². The van der Waals surface area contributed by atoms with Crippen molar-refractivity contribution in [3.8, 4) is 5.75 Å². The predicted octanol–water partition coefficient (Wildman–Crippen LogP) is 4.73. The van der Waals surface area contributed by atoms with Crippen molar-refractivity contribution in [2.24, 2.45) is 0 Å². The van der Waals surface area contributed by atoms with Gasteiger partial charge in [0.25, 0.3) is 0 Å². The molecule has 116 valence electrons. The van der Waals surface area contributed by atoms with E-state index in [0.717, 1.165) is 27.0 Å². The molecule has 4 heteroatoms. The lowest BCUT2D eigenvalue weighted by atomic mass is 10.1. The van der Waals surface area contributed by atoms with Crippen LogP contribution in [0, 0.1) is 6.92 Å². The molecule has 0 saturated heterocycles. The summed E-state index contributed by atoms with van der Waals surface area (Å²) in [6.07, 6.45) is 0. The van der Waals surface area contributed by atoms with Gasteiger partial charge in [-0.3, -0.25) is 4.79 Å². The van der Waals surface area contributed by atoms with E-state index >= 15 is 0 Å². The largest absolute Gasteiger partial charge is 0.487 e. The predicted molar refractivity (Wildman–Crippen MR) is 93.4 cm³/mol. The summed E-state index contributed by atoms with van der Waals surface area (Å²) in [7, 11) is 0. The Morgan fingerprint density at radius 3 is 2.55 bits per heavy atom. The normalized spacial score (nSPS) is 11.8. The molecule has 3 nitrogen and oxygen atoms in total. The lowest BCUT2D eigenvalue weighted by Crippen LogP contribution is -2.23. The number of Topliss-reactive ketones (excluding diaryl/α,β-unsaturated/α-hetero) is 1. The van der Waals surface area contributed by atoms with Crippen LogP contribution in [0.4, 0.5) is 5.69 Å². The summed E-state index contributed by atoms with van der Waals surface area (Å²) in [5, 5.41) is 3.19. The Morgan fingerprint density at radius 1 is 1.27 bits per heavy atom. The fraction of sp³-hybridized carbons (Fsp3) is 0.278. The number of nitrogens with one attached hydrogen (secondary N) is 1. The van der Waals surface area contributed by atoms with Crippen LogP contribution in [0.1, 0.15) is 25.0 Å². The van der Waals surface area contributed by atoms with E-state index in [-0.39, 0.29) is 11.8 Å². The van der Waals surface area contributed by atoms with Gasteiger partial charge in [-0.25, -0.2) is 0 Å². The lowest BCUT2D eigenvalue weighted by molar-refractivity contribution is -0.117. The third-order valence-electron chi connectivity index (χ3n) is 3.45. The number of ether oxygens (including phenoxy) is 1. The second-order valence-corrected chi connectivity index (χ2v) is 6.21. The summed E-state index contributed by atoms with van der Waals surface area (Å²) >= 11 is 3.55. The molecule has 2 rings (SSSR count). The minimum Gasteiger partial charge on any atom is -0.487 e. The fourth-order valence-corrected chi connectivity index (χ4v) is 2.75. The second kappa shape index (κ2) is 7.45.